The molecule has 0 aliphatic heterocycles. The van der Waals surface area contributed by atoms with Gasteiger partial charge in [-0.3, -0.25) is 4.79 Å². The highest BCUT2D eigenvalue weighted by Gasteiger charge is 2.16. The quantitative estimate of drug-likeness (QED) is 0.860. The summed E-state index contributed by atoms with van der Waals surface area (Å²) in [5.41, 5.74) is 0.907. The van der Waals surface area contributed by atoms with Gasteiger partial charge in [-0.2, -0.15) is 5.26 Å². The predicted molar refractivity (Wildman–Crippen MR) is 86.2 cm³/mol. The van der Waals surface area contributed by atoms with Crippen molar-refractivity contribution in [1.82, 2.24) is 0 Å². The molecule has 0 saturated carbocycles. The molecule has 122 valence electrons. The van der Waals surface area contributed by atoms with E-state index < -0.39 is 24.3 Å². The zero-order valence-corrected chi connectivity index (χ0v) is 13.4. The Bertz CT molecular complexity index is 846. The summed E-state index contributed by atoms with van der Waals surface area (Å²) < 4.78 is 18.5. The molecule has 0 atom stereocenters. The first-order valence-corrected chi connectivity index (χ1v) is 7.22. The van der Waals surface area contributed by atoms with Gasteiger partial charge in [0.05, 0.1) is 17.2 Å². The van der Waals surface area contributed by atoms with E-state index in [2.05, 4.69) is 5.32 Å². The number of rotatable bonds is 4. The van der Waals surface area contributed by atoms with Crippen LogP contribution >= 0.6 is 11.6 Å². The zero-order chi connectivity index (χ0) is 17.7. The maximum absolute atomic E-state index is 13.7. The summed E-state index contributed by atoms with van der Waals surface area (Å²) in [7, 11) is 0. The van der Waals surface area contributed by atoms with Gasteiger partial charge in [-0.1, -0.05) is 17.7 Å². The fourth-order valence-corrected chi connectivity index (χ4v) is 2.06. The van der Waals surface area contributed by atoms with Crippen LogP contribution in [0.25, 0.3) is 0 Å². The van der Waals surface area contributed by atoms with E-state index in [1.54, 1.807) is 31.2 Å². The lowest BCUT2D eigenvalue weighted by molar-refractivity contribution is -0.119. The minimum atomic E-state index is -0.991. The summed E-state index contributed by atoms with van der Waals surface area (Å²) in [5, 5.41) is 11.7. The van der Waals surface area contributed by atoms with Gasteiger partial charge >= 0.3 is 5.97 Å². The highest BCUT2D eigenvalue weighted by atomic mass is 35.5. The standard InChI is InChI=1S/C17H12ClFN2O3/c1-10-13(18)3-2-4-15(10)21-16(22)9-24-17(23)12-6-5-11(8-20)7-14(12)19/h2-7H,9H2,1H3,(H,21,22). The number of nitrogens with zero attached hydrogens (tertiary/aromatic N) is 1. The smallest absolute Gasteiger partial charge is 0.341 e. The van der Waals surface area contributed by atoms with Crippen molar-refractivity contribution in [3.8, 4) is 6.07 Å². The average molecular weight is 347 g/mol. The predicted octanol–water partition coefficient (Wildman–Crippen LogP) is 3.45. The van der Waals surface area contributed by atoms with Crippen molar-refractivity contribution in [1.29, 1.82) is 5.26 Å². The second-order valence-corrected chi connectivity index (χ2v) is 5.25. The van der Waals surface area contributed by atoms with Gasteiger partial charge in [0.2, 0.25) is 0 Å². The molecule has 0 aliphatic rings. The van der Waals surface area contributed by atoms with Gasteiger partial charge < -0.3 is 10.1 Å². The van der Waals surface area contributed by atoms with E-state index in [9.17, 15) is 14.0 Å². The molecule has 7 heteroatoms. The number of nitriles is 1. The van der Waals surface area contributed by atoms with Gasteiger partial charge in [0.15, 0.2) is 6.61 Å². The molecular weight excluding hydrogens is 335 g/mol. The van der Waals surface area contributed by atoms with Crippen molar-refractivity contribution in [2.45, 2.75) is 6.92 Å². The molecule has 24 heavy (non-hydrogen) atoms. The molecule has 0 fully saturated rings. The van der Waals surface area contributed by atoms with Gasteiger partial charge in [0, 0.05) is 10.7 Å². The van der Waals surface area contributed by atoms with Crippen LogP contribution in [0.1, 0.15) is 21.5 Å². The molecule has 5 nitrogen and oxygen atoms in total. The van der Waals surface area contributed by atoms with Gasteiger partial charge in [-0.05, 0) is 42.8 Å². The molecule has 0 bridgehead atoms. The fourth-order valence-electron chi connectivity index (χ4n) is 1.89. The van der Waals surface area contributed by atoms with Crippen molar-refractivity contribution in [3.05, 3.63) is 63.9 Å². The van der Waals surface area contributed by atoms with E-state index in [0.29, 0.717) is 16.3 Å². The number of hydrogen-bond donors (Lipinski definition) is 1. The highest BCUT2D eigenvalue weighted by molar-refractivity contribution is 6.31. The van der Waals surface area contributed by atoms with Gasteiger partial charge in [-0.25, -0.2) is 9.18 Å². The average Bonchev–Trinajstić information content (AvgIpc) is 2.56. The normalized spacial score (nSPS) is 9.92. The van der Waals surface area contributed by atoms with Crippen LogP contribution in [-0.4, -0.2) is 18.5 Å². The van der Waals surface area contributed by atoms with Crippen LogP contribution in [-0.2, 0) is 9.53 Å². The number of carbonyl (C=O) groups is 2. The van der Waals surface area contributed by atoms with E-state index >= 15 is 0 Å². The lowest BCUT2D eigenvalue weighted by Crippen LogP contribution is -2.21. The van der Waals surface area contributed by atoms with Crippen LogP contribution in [0, 0.1) is 24.1 Å². The summed E-state index contributed by atoms with van der Waals surface area (Å²) in [6, 6.07) is 10.1. The van der Waals surface area contributed by atoms with Crippen molar-refractivity contribution >= 4 is 29.2 Å². The van der Waals surface area contributed by atoms with Crippen LogP contribution in [0.5, 0.6) is 0 Å². The first-order chi connectivity index (χ1) is 11.4. The Balaban J connectivity index is 1.98. The van der Waals surface area contributed by atoms with Gasteiger partial charge in [-0.15, -0.1) is 0 Å². The molecule has 0 aromatic heterocycles. The Morgan fingerprint density at radius 3 is 2.75 bits per heavy atom. The lowest BCUT2D eigenvalue weighted by Gasteiger charge is -2.10. The third-order valence-corrected chi connectivity index (χ3v) is 3.60. The molecule has 0 heterocycles. The maximum atomic E-state index is 13.7. The Labute approximate surface area is 142 Å². The van der Waals surface area contributed by atoms with Crippen LogP contribution in [0.3, 0.4) is 0 Å². The van der Waals surface area contributed by atoms with E-state index in [0.717, 1.165) is 12.1 Å². The number of amides is 1. The zero-order valence-electron chi connectivity index (χ0n) is 12.6. The largest absolute Gasteiger partial charge is 0.452 e. The molecule has 2 rings (SSSR count). The third-order valence-electron chi connectivity index (χ3n) is 3.19. The summed E-state index contributed by atoms with van der Waals surface area (Å²) in [5.74, 6) is -2.46. The molecule has 2 aromatic rings. The number of esters is 1. The molecule has 1 amide bonds. The molecule has 0 saturated heterocycles. The van der Waals surface area contributed by atoms with Crippen LogP contribution < -0.4 is 5.32 Å². The number of carbonyl (C=O) groups excluding carboxylic acids is 2. The van der Waals surface area contributed by atoms with Gasteiger partial charge in [0.1, 0.15) is 5.82 Å². The summed E-state index contributed by atoms with van der Waals surface area (Å²) in [4.78, 5) is 23.6. The van der Waals surface area contributed by atoms with Crippen molar-refractivity contribution in [3.63, 3.8) is 0 Å². The highest BCUT2D eigenvalue weighted by Crippen LogP contribution is 2.22. The maximum Gasteiger partial charge on any atom is 0.341 e. The Morgan fingerprint density at radius 2 is 2.08 bits per heavy atom. The number of benzene rings is 2. The molecule has 1 N–H and O–H groups in total. The number of ether oxygens (including phenoxy) is 1. The Kier molecular flexibility index (Phi) is 5.51. The number of hydrogen-bond acceptors (Lipinski definition) is 4. The van der Waals surface area contributed by atoms with E-state index in [-0.39, 0.29) is 11.1 Å². The van der Waals surface area contributed by atoms with E-state index in [4.69, 9.17) is 21.6 Å². The number of nitrogens with one attached hydrogen (secondary N) is 1. The van der Waals surface area contributed by atoms with E-state index in [1.807, 2.05) is 0 Å². The third kappa shape index (κ3) is 4.09. The van der Waals surface area contributed by atoms with E-state index in [1.165, 1.54) is 6.07 Å². The first kappa shape index (κ1) is 17.4. The van der Waals surface area contributed by atoms with Crippen molar-refractivity contribution in [2.75, 3.05) is 11.9 Å². The molecule has 0 aliphatic carbocycles. The summed E-state index contributed by atoms with van der Waals surface area (Å²) >= 11 is 5.95. The van der Waals surface area contributed by atoms with Crippen LogP contribution in [0.2, 0.25) is 5.02 Å². The van der Waals surface area contributed by atoms with Crippen molar-refractivity contribution < 1.29 is 18.7 Å². The molecule has 0 radical (unpaired) electrons. The minimum absolute atomic E-state index is 0.0817. The molecule has 2 aromatic carbocycles. The monoisotopic (exact) mass is 346 g/mol. The minimum Gasteiger partial charge on any atom is -0.452 e. The number of halogens is 2. The van der Waals surface area contributed by atoms with Gasteiger partial charge in [0.25, 0.3) is 5.91 Å². The summed E-state index contributed by atoms with van der Waals surface area (Å²) in [6.45, 7) is 1.15. The topological polar surface area (TPSA) is 79.2 Å². The SMILES string of the molecule is Cc1c(Cl)cccc1NC(=O)COC(=O)c1ccc(C#N)cc1F. The lowest BCUT2D eigenvalue weighted by atomic mass is 10.1. The Morgan fingerprint density at radius 1 is 1.33 bits per heavy atom. The second-order valence-electron chi connectivity index (χ2n) is 4.84. The summed E-state index contributed by atoms with van der Waals surface area (Å²) in [6.07, 6.45) is 0. The van der Waals surface area contributed by atoms with Crippen LogP contribution in [0.4, 0.5) is 10.1 Å². The molecule has 0 unspecified atom stereocenters. The number of anilines is 1. The Hall–Kier alpha value is -2.91. The second kappa shape index (κ2) is 7.57. The fraction of sp³-hybridized carbons (Fsp3) is 0.118. The first-order valence-electron chi connectivity index (χ1n) is 6.84. The van der Waals surface area contributed by atoms with Crippen LogP contribution in [0.15, 0.2) is 36.4 Å². The van der Waals surface area contributed by atoms with Crippen molar-refractivity contribution in [2.24, 2.45) is 0 Å². The molecule has 0 spiro atoms. The molecular formula is C17H12ClFN2O3.